The van der Waals surface area contributed by atoms with Crippen molar-refractivity contribution in [2.75, 3.05) is 32.7 Å². The molecule has 0 aliphatic carbocycles. The Morgan fingerprint density at radius 2 is 1.91 bits per heavy atom. The van der Waals surface area contributed by atoms with E-state index in [-0.39, 0.29) is 11.9 Å². The quantitative estimate of drug-likeness (QED) is 0.819. The monoisotopic (exact) mass is 316 g/mol. The minimum absolute atomic E-state index is 0.0947. The SMILES string of the molecule is C[C@@H](c1ccccc1F)N1CCN(CCCn2ccnc2)CC1. The van der Waals surface area contributed by atoms with E-state index in [0.29, 0.717) is 0 Å². The first-order valence-corrected chi connectivity index (χ1v) is 8.40. The van der Waals surface area contributed by atoms with Crippen molar-refractivity contribution in [2.45, 2.75) is 25.9 Å². The molecule has 1 fully saturated rings. The van der Waals surface area contributed by atoms with Gasteiger partial charge in [-0.3, -0.25) is 4.90 Å². The Morgan fingerprint density at radius 1 is 1.13 bits per heavy atom. The Hall–Kier alpha value is -1.72. The second-order valence-electron chi connectivity index (χ2n) is 6.23. The van der Waals surface area contributed by atoms with E-state index in [1.54, 1.807) is 12.1 Å². The number of aryl methyl sites for hydroxylation is 1. The van der Waals surface area contributed by atoms with Crippen LogP contribution >= 0.6 is 0 Å². The van der Waals surface area contributed by atoms with Crippen molar-refractivity contribution in [2.24, 2.45) is 0 Å². The van der Waals surface area contributed by atoms with Crippen molar-refractivity contribution in [3.8, 4) is 0 Å². The number of rotatable bonds is 6. The molecule has 124 valence electrons. The lowest BCUT2D eigenvalue weighted by Crippen LogP contribution is -2.47. The topological polar surface area (TPSA) is 24.3 Å². The van der Waals surface area contributed by atoms with Gasteiger partial charge in [0.05, 0.1) is 6.33 Å². The van der Waals surface area contributed by atoms with Crippen LogP contribution in [0, 0.1) is 5.82 Å². The number of nitrogens with zero attached hydrogens (tertiary/aromatic N) is 4. The molecule has 1 aliphatic rings. The third-order valence-electron chi connectivity index (χ3n) is 4.76. The fourth-order valence-corrected chi connectivity index (χ4v) is 3.28. The molecule has 1 aromatic heterocycles. The summed E-state index contributed by atoms with van der Waals surface area (Å²) in [6, 6.07) is 7.27. The fraction of sp³-hybridized carbons (Fsp3) is 0.500. The van der Waals surface area contributed by atoms with E-state index in [2.05, 4.69) is 26.3 Å². The van der Waals surface area contributed by atoms with E-state index < -0.39 is 0 Å². The Kier molecular flexibility index (Phi) is 5.41. The van der Waals surface area contributed by atoms with Crippen molar-refractivity contribution >= 4 is 0 Å². The summed E-state index contributed by atoms with van der Waals surface area (Å²) < 4.78 is 16.0. The summed E-state index contributed by atoms with van der Waals surface area (Å²) in [6.45, 7) is 8.35. The fourth-order valence-electron chi connectivity index (χ4n) is 3.28. The molecule has 0 amide bonds. The third-order valence-corrected chi connectivity index (χ3v) is 4.76. The van der Waals surface area contributed by atoms with Gasteiger partial charge in [-0.2, -0.15) is 0 Å². The average molecular weight is 316 g/mol. The summed E-state index contributed by atoms with van der Waals surface area (Å²) in [6.07, 6.45) is 6.84. The van der Waals surface area contributed by atoms with Gasteiger partial charge in [-0.25, -0.2) is 9.37 Å². The third kappa shape index (κ3) is 4.18. The first-order chi connectivity index (χ1) is 11.2. The van der Waals surface area contributed by atoms with Crippen molar-refractivity contribution in [1.29, 1.82) is 0 Å². The van der Waals surface area contributed by atoms with E-state index in [1.807, 2.05) is 30.9 Å². The van der Waals surface area contributed by atoms with Crippen LogP contribution in [0.1, 0.15) is 24.9 Å². The molecule has 5 heteroatoms. The van der Waals surface area contributed by atoms with Crippen LogP contribution in [-0.2, 0) is 6.54 Å². The van der Waals surface area contributed by atoms with Crippen molar-refractivity contribution in [3.05, 3.63) is 54.4 Å². The van der Waals surface area contributed by atoms with Gasteiger partial charge in [0, 0.05) is 56.7 Å². The average Bonchev–Trinajstić information content (AvgIpc) is 3.09. The van der Waals surface area contributed by atoms with Gasteiger partial charge in [0.25, 0.3) is 0 Å². The highest BCUT2D eigenvalue weighted by Gasteiger charge is 2.23. The summed E-state index contributed by atoms with van der Waals surface area (Å²) in [5, 5.41) is 0. The lowest BCUT2D eigenvalue weighted by molar-refractivity contribution is 0.0993. The van der Waals surface area contributed by atoms with Gasteiger partial charge < -0.3 is 9.47 Å². The predicted molar refractivity (Wildman–Crippen MR) is 89.7 cm³/mol. The summed E-state index contributed by atoms with van der Waals surface area (Å²) in [7, 11) is 0. The zero-order valence-corrected chi connectivity index (χ0v) is 13.7. The maximum absolute atomic E-state index is 13.9. The molecule has 0 spiro atoms. The molecular weight excluding hydrogens is 291 g/mol. The molecule has 1 aliphatic heterocycles. The molecule has 0 N–H and O–H groups in total. The highest BCUT2D eigenvalue weighted by Crippen LogP contribution is 2.23. The molecule has 3 rings (SSSR count). The second kappa shape index (κ2) is 7.70. The van der Waals surface area contributed by atoms with Crippen LogP contribution in [0.25, 0.3) is 0 Å². The number of benzene rings is 1. The number of hydrogen-bond donors (Lipinski definition) is 0. The highest BCUT2D eigenvalue weighted by atomic mass is 19.1. The Balaban J connectivity index is 1.44. The number of aromatic nitrogens is 2. The standard InChI is InChI=1S/C18H25FN4/c1-16(17-5-2-3-6-18(17)19)23-13-11-21(12-14-23)8-4-9-22-10-7-20-15-22/h2-3,5-7,10,15-16H,4,8-9,11-14H2,1H3/t16-/m0/s1. The van der Waals surface area contributed by atoms with Gasteiger partial charge in [0.15, 0.2) is 0 Å². The molecule has 2 heterocycles. The first-order valence-electron chi connectivity index (χ1n) is 8.40. The minimum Gasteiger partial charge on any atom is -0.337 e. The Labute approximate surface area is 137 Å². The summed E-state index contributed by atoms with van der Waals surface area (Å²) >= 11 is 0. The number of hydrogen-bond acceptors (Lipinski definition) is 3. The summed E-state index contributed by atoms with van der Waals surface area (Å²) in [5.41, 5.74) is 0.807. The van der Waals surface area contributed by atoms with E-state index >= 15 is 0 Å². The van der Waals surface area contributed by atoms with Crippen molar-refractivity contribution < 1.29 is 4.39 Å². The first kappa shape index (κ1) is 16.1. The van der Waals surface area contributed by atoms with E-state index in [4.69, 9.17) is 0 Å². The van der Waals surface area contributed by atoms with Gasteiger partial charge in [-0.05, 0) is 26.0 Å². The molecule has 0 bridgehead atoms. The molecule has 0 saturated carbocycles. The van der Waals surface area contributed by atoms with Crippen molar-refractivity contribution in [1.82, 2.24) is 19.4 Å². The van der Waals surface area contributed by atoms with E-state index in [1.165, 1.54) is 0 Å². The molecule has 0 radical (unpaired) electrons. The molecular formula is C18H25FN4. The lowest BCUT2D eigenvalue weighted by Gasteiger charge is -2.38. The highest BCUT2D eigenvalue weighted by molar-refractivity contribution is 5.20. The normalized spacial score (nSPS) is 18.2. The second-order valence-corrected chi connectivity index (χ2v) is 6.23. The number of piperazine rings is 1. The zero-order valence-electron chi connectivity index (χ0n) is 13.7. The molecule has 4 nitrogen and oxygen atoms in total. The van der Waals surface area contributed by atoms with Gasteiger partial charge in [-0.1, -0.05) is 18.2 Å². The van der Waals surface area contributed by atoms with E-state index in [9.17, 15) is 4.39 Å². The number of imidazole rings is 1. The van der Waals surface area contributed by atoms with Crippen LogP contribution in [0.2, 0.25) is 0 Å². The maximum Gasteiger partial charge on any atom is 0.127 e. The van der Waals surface area contributed by atoms with Crippen molar-refractivity contribution in [3.63, 3.8) is 0 Å². The molecule has 2 aromatic rings. The molecule has 1 atom stereocenters. The maximum atomic E-state index is 13.9. The molecule has 1 aromatic carbocycles. The van der Waals surface area contributed by atoms with Gasteiger partial charge in [-0.15, -0.1) is 0 Å². The van der Waals surface area contributed by atoms with Crippen LogP contribution in [0.5, 0.6) is 0 Å². The largest absolute Gasteiger partial charge is 0.337 e. The summed E-state index contributed by atoms with van der Waals surface area (Å²) in [5.74, 6) is -0.0947. The molecule has 23 heavy (non-hydrogen) atoms. The molecule has 1 saturated heterocycles. The molecule has 0 unspecified atom stereocenters. The van der Waals surface area contributed by atoms with Crippen LogP contribution < -0.4 is 0 Å². The number of halogens is 1. The van der Waals surface area contributed by atoms with Crippen LogP contribution in [0.3, 0.4) is 0 Å². The Bertz CT molecular complexity index is 591. The van der Waals surface area contributed by atoms with Crippen LogP contribution in [0.15, 0.2) is 43.0 Å². The predicted octanol–water partition coefficient (Wildman–Crippen LogP) is 2.79. The van der Waals surface area contributed by atoms with Crippen LogP contribution in [-0.4, -0.2) is 52.1 Å². The van der Waals surface area contributed by atoms with E-state index in [0.717, 1.165) is 51.3 Å². The lowest BCUT2D eigenvalue weighted by atomic mass is 10.1. The van der Waals surface area contributed by atoms with Gasteiger partial charge in [0.2, 0.25) is 0 Å². The van der Waals surface area contributed by atoms with Gasteiger partial charge in [0.1, 0.15) is 5.82 Å². The van der Waals surface area contributed by atoms with Gasteiger partial charge >= 0.3 is 0 Å². The smallest absolute Gasteiger partial charge is 0.127 e. The zero-order chi connectivity index (χ0) is 16.1. The minimum atomic E-state index is -0.0947. The Morgan fingerprint density at radius 3 is 2.61 bits per heavy atom. The summed E-state index contributed by atoms with van der Waals surface area (Å²) in [4.78, 5) is 8.95. The van der Waals surface area contributed by atoms with Crippen LogP contribution in [0.4, 0.5) is 4.39 Å².